The fraction of sp³-hybridized carbons (Fsp3) is 0.364. The molecule has 1 amide bonds. The summed E-state index contributed by atoms with van der Waals surface area (Å²) in [6.45, 7) is 0. The molecule has 0 heterocycles. The molecule has 1 aliphatic carbocycles. The van der Waals surface area contributed by atoms with Crippen molar-refractivity contribution in [2.45, 2.75) is 38.1 Å². The van der Waals surface area contributed by atoms with Crippen LogP contribution in [0.15, 0.2) is 36.4 Å². The summed E-state index contributed by atoms with van der Waals surface area (Å²) in [5, 5.41) is 12.2. The van der Waals surface area contributed by atoms with Crippen molar-refractivity contribution >= 4 is 11.9 Å². The monoisotopic (exact) mass is 383 g/mol. The Labute approximate surface area is 164 Å². The SMILES string of the molecule is COc1ccc(C(CC(=O)O)NC(=O)Cc2ccc3c(c2)CCC3)c(OC)c1. The van der Waals surface area contributed by atoms with Gasteiger partial charge < -0.3 is 19.9 Å². The number of carboxylic acids is 1. The number of hydrogen-bond acceptors (Lipinski definition) is 4. The highest BCUT2D eigenvalue weighted by Gasteiger charge is 2.22. The normalized spacial score (nSPS) is 13.5. The third-order valence-electron chi connectivity index (χ3n) is 5.06. The number of rotatable bonds is 8. The van der Waals surface area contributed by atoms with E-state index in [1.165, 1.54) is 18.2 Å². The summed E-state index contributed by atoms with van der Waals surface area (Å²) in [7, 11) is 3.05. The number of carbonyl (C=O) groups excluding carboxylic acids is 1. The summed E-state index contributed by atoms with van der Waals surface area (Å²) in [5.74, 6) is -0.148. The van der Waals surface area contributed by atoms with Crippen LogP contribution in [-0.4, -0.2) is 31.2 Å². The summed E-state index contributed by atoms with van der Waals surface area (Å²) in [5.41, 5.74) is 4.21. The fourth-order valence-corrected chi connectivity index (χ4v) is 3.69. The molecule has 148 valence electrons. The van der Waals surface area contributed by atoms with Crippen molar-refractivity contribution in [2.24, 2.45) is 0 Å². The second-order valence-corrected chi connectivity index (χ2v) is 6.96. The Hall–Kier alpha value is -3.02. The number of nitrogens with one attached hydrogen (secondary N) is 1. The lowest BCUT2D eigenvalue weighted by Crippen LogP contribution is -2.31. The Morgan fingerprint density at radius 2 is 1.86 bits per heavy atom. The van der Waals surface area contributed by atoms with E-state index < -0.39 is 12.0 Å². The van der Waals surface area contributed by atoms with Gasteiger partial charge in [0, 0.05) is 11.6 Å². The smallest absolute Gasteiger partial charge is 0.305 e. The zero-order valence-electron chi connectivity index (χ0n) is 16.2. The van der Waals surface area contributed by atoms with E-state index in [2.05, 4.69) is 17.4 Å². The van der Waals surface area contributed by atoms with Crippen molar-refractivity contribution in [1.82, 2.24) is 5.32 Å². The van der Waals surface area contributed by atoms with Gasteiger partial charge in [-0.25, -0.2) is 0 Å². The van der Waals surface area contributed by atoms with Gasteiger partial charge in [-0.3, -0.25) is 9.59 Å². The quantitative estimate of drug-likeness (QED) is 0.732. The van der Waals surface area contributed by atoms with E-state index in [-0.39, 0.29) is 18.7 Å². The molecular weight excluding hydrogens is 358 g/mol. The van der Waals surface area contributed by atoms with E-state index in [1.54, 1.807) is 25.3 Å². The number of ether oxygens (including phenoxy) is 2. The van der Waals surface area contributed by atoms with Gasteiger partial charge in [0.15, 0.2) is 0 Å². The maximum absolute atomic E-state index is 12.6. The molecule has 0 saturated carbocycles. The minimum atomic E-state index is -0.999. The van der Waals surface area contributed by atoms with Crippen LogP contribution in [0.1, 0.15) is 41.1 Å². The van der Waals surface area contributed by atoms with E-state index in [4.69, 9.17) is 9.47 Å². The Kier molecular flexibility index (Phi) is 6.19. The molecule has 6 nitrogen and oxygen atoms in total. The fourth-order valence-electron chi connectivity index (χ4n) is 3.69. The molecule has 1 unspecified atom stereocenters. The summed E-state index contributed by atoms with van der Waals surface area (Å²) < 4.78 is 10.6. The number of aryl methyl sites for hydroxylation is 2. The second kappa shape index (κ2) is 8.78. The Morgan fingerprint density at radius 3 is 2.57 bits per heavy atom. The minimum Gasteiger partial charge on any atom is -0.497 e. The number of carboxylic acid groups (broad SMARTS) is 1. The Bertz CT molecular complexity index is 877. The topological polar surface area (TPSA) is 84.9 Å². The molecule has 3 rings (SSSR count). The standard InChI is InChI=1S/C22H25NO5/c1-27-17-8-9-18(20(12-17)28-2)19(13-22(25)26)23-21(24)11-14-6-7-15-4-3-5-16(15)10-14/h6-10,12,19H,3-5,11,13H2,1-2H3,(H,23,24)(H,25,26). The third kappa shape index (κ3) is 4.63. The molecule has 0 aromatic heterocycles. The van der Waals surface area contributed by atoms with Crippen LogP contribution in [0.3, 0.4) is 0 Å². The van der Waals surface area contributed by atoms with Gasteiger partial charge in [-0.2, -0.15) is 0 Å². The average molecular weight is 383 g/mol. The summed E-state index contributed by atoms with van der Waals surface area (Å²) in [6, 6.07) is 10.6. The van der Waals surface area contributed by atoms with Crippen LogP contribution < -0.4 is 14.8 Å². The number of fused-ring (bicyclic) bond motifs is 1. The highest BCUT2D eigenvalue weighted by atomic mass is 16.5. The van der Waals surface area contributed by atoms with E-state index in [9.17, 15) is 14.7 Å². The number of benzene rings is 2. The lowest BCUT2D eigenvalue weighted by molar-refractivity contribution is -0.137. The largest absolute Gasteiger partial charge is 0.497 e. The van der Waals surface area contributed by atoms with Gasteiger partial charge in [0.1, 0.15) is 11.5 Å². The molecule has 1 aliphatic rings. The second-order valence-electron chi connectivity index (χ2n) is 6.96. The molecule has 2 N–H and O–H groups in total. The molecule has 1 atom stereocenters. The molecule has 0 spiro atoms. The van der Waals surface area contributed by atoms with Crippen LogP contribution in [0.4, 0.5) is 0 Å². The predicted octanol–water partition coefficient (Wildman–Crippen LogP) is 3.07. The number of methoxy groups -OCH3 is 2. The molecule has 0 aliphatic heterocycles. The van der Waals surface area contributed by atoms with Crippen molar-refractivity contribution in [3.05, 3.63) is 58.7 Å². The van der Waals surface area contributed by atoms with Crippen LogP contribution in [0, 0.1) is 0 Å². The molecule has 2 aromatic rings. The van der Waals surface area contributed by atoms with E-state index in [0.717, 1.165) is 24.8 Å². The van der Waals surface area contributed by atoms with Gasteiger partial charge in [-0.15, -0.1) is 0 Å². The molecule has 2 aromatic carbocycles. The molecule has 0 saturated heterocycles. The van der Waals surface area contributed by atoms with Crippen LogP contribution in [0.2, 0.25) is 0 Å². The summed E-state index contributed by atoms with van der Waals surface area (Å²) in [4.78, 5) is 24.0. The van der Waals surface area contributed by atoms with Gasteiger partial charge in [-0.1, -0.05) is 18.2 Å². The minimum absolute atomic E-state index is 0.210. The lowest BCUT2D eigenvalue weighted by atomic mass is 10.0. The van der Waals surface area contributed by atoms with Crippen LogP contribution in [0.5, 0.6) is 11.5 Å². The Balaban J connectivity index is 1.77. The predicted molar refractivity (Wildman–Crippen MR) is 105 cm³/mol. The van der Waals surface area contributed by atoms with E-state index in [1.807, 2.05) is 6.07 Å². The molecule has 6 heteroatoms. The van der Waals surface area contributed by atoms with E-state index in [0.29, 0.717) is 17.1 Å². The van der Waals surface area contributed by atoms with Crippen LogP contribution in [-0.2, 0) is 28.9 Å². The van der Waals surface area contributed by atoms with Crippen LogP contribution in [0.25, 0.3) is 0 Å². The highest BCUT2D eigenvalue weighted by molar-refractivity contribution is 5.80. The molecule has 0 radical (unpaired) electrons. The van der Waals surface area contributed by atoms with Gasteiger partial charge in [0.05, 0.1) is 33.1 Å². The maximum Gasteiger partial charge on any atom is 0.305 e. The average Bonchev–Trinajstić information content (AvgIpc) is 3.14. The molecule has 28 heavy (non-hydrogen) atoms. The molecule has 0 bridgehead atoms. The summed E-state index contributed by atoms with van der Waals surface area (Å²) in [6.07, 6.45) is 3.28. The van der Waals surface area contributed by atoms with Gasteiger partial charge in [0.2, 0.25) is 5.91 Å². The van der Waals surface area contributed by atoms with Crippen molar-refractivity contribution in [2.75, 3.05) is 14.2 Å². The number of carbonyl (C=O) groups is 2. The molecule has 0 fully saturated rings. The Morgan fingerprint density at radius 1 is 1.07 bits per heavy atom. The van der Waals surface area contributed by atoms with E-state index >= 15 is 0 Å². The first kappa shape index (κ1) is 19.7. The highest BCUT2D eigenvalue weighted by Crippen LogP contribution is 2.31. The zero-order chi connectivity index (χ0) is 20.1. The third-order valence-corrected chi connectivity index (χ3v) is 5.06. The van der Waals surface area contributed by atoms with Crippen molar-refractivity contribution < 1.29 is 24.2 Å². The first-order valence-corrected chi connectivity index (χ1v) is 9.34. The first-order chi connectivity index (χ1) is 13.5. The maximum atomic E-state index is 12.6. The number of hydrogen-bond donors (Lipinski definition) is 2. The lowest BCUT2D eigenvalue weighted by Gasteiger charge is -2.20. The summed E-state index contributed by atoms with van der Waals surface area (Å²) >= 11 is 0. The molecular formula is C22H25NO5. The van der Waals surface area contributed by atoms with Crippen molar-refractivity contribution in [3.8, 4) is 11.5 Å². The van der Waals surface area contributed by atoms with Gasteiger partial charge >= 0.3 is 5.97 Å². The first-order valence-electron chi connectivity index (χ1n) is 9.34. The van der Waals surface area contributed by atoms with Gasteiger partial charge in [0.25, 0.3) is 0 Å². The number of aliphatic carboxylic acids is 1. The van der Waals surface area contributed by atoms with Gasteiger partial charge in [-0.05, 0) is 48.1 Å². The number of amides is 1. The van der Waals surface area contributed by atoms with Crippen molar-refractivity contribution in [3.63, 3.8) is 0 Å². The zero-order valence-corrected chi connectivity index (χ0v) is 16.2. The van der Waals surface area contributed by atoms with Crippen molar-refractivity contribution in [1.29, 1.82) is 0 Å². The van der Waals surface area contributed by atoms with Crippen LogP contribution >= 0.6 is 0 Å².